The first-order valence-electron chi connectivity index (χ1n) is 9.24. The van der Waals surface area contributed by atoms with Crippen LogP contribution in [0.2, 0.25) is 0 Å². The molecule has 0 radical (unpaired) electrons. The fraction of sp³-hybridized carbons (Fsp3) is 0.421. The van der Waals surface area contributed by atoms with Gasteiger partial charge in [-0.1, -0.05) is 12.1 Å². The minimum atomic E-state index is 0.0774. The van der Waals surface area contributed by atoms with Crippen LogP contribution in [-0.4, -0.2) is 57.9 Å². The molecule has 1 aliphatic rings. The van der Waals surface area contributed by atoms with E-state index < -0.39 is 0 Å². The maximum atomic E-state index is 9.60. The highest BCUT2D eigenvalue weighted by Crippen LogP contribution is 2.26. The van der Waals surface area contributed by atoms with Gasteiger partial charge in [0.15, 0.2) is 11.5 Å². The van der Waals surface area contributed by atoms with Gasteiger partial charge in [-0.2, -0.15) is 9.97 Å². The summed E-state index contributed by atoms with van der Waals surface area (Å²) in [7, 11) is 1.67. The van der Waals surface area contributed by atoms with Gasteiger partial charge in [-0.3, -0.25) is 0 Å². The Kier molecular flexibility index (Phi) is 5.06. The molecule has 2 aromatic heterocycles. The van der Waals surface area contributed by atoms with Gasteiger partial charge in [-0.05, 0) is 37.0 Å². The number of imidazole rings is 1. The van der Waals surface area contributed by atoms with Crippen molar-refractivity contribution in [1.29, 1.82) is 0 Å². The highest BCUT2D eigenvalue weighted by Gasteiger charge is 2.27. The number of aliphatic hydroxyl groups excluding tert-OH is 1. The Hall–Kier alpha value is -2.87. The lowest BCUT2D eigenvalue weighted by Crippen LogP contribution is -2.33. The van der Waals surface area contributed by atoms with Gasteiger partial charge in [-0.15, -0.1) is 0 Å². The minimum Gasteiger partial charge on any atom is -0.497 e. The summed E-state index contributed by atoms with van der Waals surface area (Å²) in [5.41, 5.74) is 2.65. The zero-order valence-electron chi connectivity index (χ0n) is 15.4. The number of hydrogen-bond donors (Lipinski definition) is 3. The first-order valence-corrected chi connectivity index (χ1v) is 9.24. The number of anilines is 2. The molecule has 1 fully saturated rings. The Morgan fingerprint density at radius 2 is 2.15 bits per heavy atom. The summed E-state index contributed by atoms with van der Waals surface area (Å²) < 4.78 is 5.20. The van der Waals surface area contributed by atoms with Crippen LogP contribution in [0.3, 0.4) is 0 Å². The topological polar surface area (TPSA) is 99.2 Å². The molecule has 1 saturated heterocycles. The van der Waals surface area contributed by atoms with Gasteiger partial charge in [0.05, 0.1) is 26.1 Å². The predicted octanol–water partition coefficient (Wildman–Crippen LogP) is 1.98. The normalized spacial score (nSPS) is 16.8. The number of rotatable bonds is 7. The Labute approximate surface area is 157 Å². The Morgan fingerprint density at radius 3 is 2.93 bits per heavy atom. The number of nitrogens with zero attached hydrogens (tertiary/aromatic N) is 4. The molecule has 4 rings (SSSR count). The molecule has 0 saturated carbocycles. The van der Waals surface area contributed by atoms with E-state index in [1.165, 1.54) is 5.56 Å². The van der Waals surface area contributed by atoms with Crippen molar-refractivity contribution in [2.45, 2.75) is 25.3 Å². The second-order valence-electron chi connectivity index (χ2n) is 6.67. The maximum absolute atomic E-state index is 9.60. The fourth-order valence-corrected chi connectivity index (χ4v) is 3.48. The summed E-state index contributed by atoms with van der Waals surface area (Å²) in [6.45, 7) is 1.70. The number of aliphatic hydroxyl groups is 1. The molecule has 0 amide bonds. The van der Waals surface area contributed by atoms with Gasteiger partial charge in [0.2, 0.25) is 5.95 Å². The van der Waals surface area contributed by atoms with Crippen LogP contribution in [0.1, 0.15) is 18.4 Å². The summed E-state index contributed by atoms with van der Waals surface area (Å²) in [4.78, 5) is 18.8. The summed E-state index contributed by atoms with van der Waals surface area (Å²) in [6, 6.07) is 8.14. The molecule has 142 valence electrons. The Balaban J connectivity index is 1.51. The van der Waals surface area contributed by atoms with Crippen molar-refractivity contribution < 1.29 is 9.84 Å². The van der Waals surface area contributed by atoms with E-state index in [0.29, 0.717) is 11.6 Å². The minimum absolute atomic E-state index is 0.0774. The molecule has 0 aliphatic carbocycles. The third-order valence-electron chi connectivity index (χ3n) is 4.98. The molecule has 3 aromatic rings. The van der Waals surface area contributed by atoms with Gasteiger partial charge < -0.3 is 25.0 Å². The number of methoxy groups -OCH3 is 1. The van der Waals surface area contributed by atoms with Gasteiger partial charge in [0.1, 0.15) is 11.3 Å². The second kappa shape index (κ2) is 7.79. The van der Waals surface area contributed by atoms with E-state index in [1.807, 2.05) is 12.1 Å². The molecular formula is C19H24N6O2. The van der Waals surface area contributed by atoms with E-state index in [9.17, 15) is 5.11 Å². The van der Waals surface area contributed by atoms with Crippen molar-refractivity contribution >= 4 is 22.9 Å². The zero-order chi connectivity index (χ0) is 18.6. The van der Waals surface area contributed by atoms with Crippen molar-refractivity contribution in [2.75, 3.05) is 37.0 Å². The Morgan fingerprint density at radius 1 is 1.30 bits per heavy atom. The number of H-pyrrole nitrogens is 1. The molecular weight excluding hydrogens is 344 g/mol. The average Bonchev–Trinajstić information content (AvgIpc) is 3.37. The first kappa shape index (κ1) is 17.5. The van der Waals surface area contributed by atoms with Gasteiger partial charge in [0.25, 0.3) is 0 Å². The third-order valence-corrected chi connectivity index (χ3v) is 4.98. The quantitative estimate of drug-likeness (QED) is 0.586. The van der Waals surface area contributed by atoms with Crippen molar-refractivity contribution in [1.82, 2.24) is 19.9 Å². The lowest BCUT2D eigenvalue weighted by atomic mass is 10.1. The monoisotopic (exact) mass is 368 g/mol. The number of nitrogens with one attached hydrogen (secondary N) is 2. The van der Waals surface area contributed by atoms with Crippen LogP contribution in [0.4, 0.5) is 11.8 Å². The smallest absolute Gasteiger partial charge is 0.229 e. The number of hydrogen-bond acceptors (Lipinski definition) is 7. The van der Waals surface area contributed by atoms with Crippen LogP contribution in [0.5, 0.6) is 5.75 Å². The average molecular weight is 368 g/mol. The maximum Gasteiger partial charge on any atom is 0.229 e. The molecule has 8 nitrogen and oxygen atoms in total. The van der Waals surface area contributed by atoms with E-state index in [1.54, 1.807) is 13.4 Å². The summed E-state index contributed by atoms with van der Waals surface area (Å²) in [6.07, 6.45) is 4.49. The van der Waals surface area contributed by atoms with Gasteiger partial charge in [-0.25, -0.2) is 4.98 Å². The van der Waals surface area contributed by atoms with E-state index in [0.717, 1.165) is 49.4 Å². The number of aromatic nitrogens is 4. The summed E-state index contributed by atoms with van der Waals surface area (Å²) >= 11 is 0. The van der Waals surface area contributed by atoms with E-state index in [-0.39, 0.29) is 12.6 Å². The van der Waals surface area contributed by atoms with Crippen molar-refractivity contribution in [3.63, 3.8) is 0 Å². The molecule has 3 heterocycles. The molecule has 0 spiro atoms. The third kappa shape index (κ3) is 3.66. The molecule has 3 N–H and O–H groups in total. The molecule has 1 aliphatic heterocycles. The lowest BCUT2D eigenvalue weighted by Gasteiger charge is -2.23. The predicted molar refractivity (Wildman–Crippen MR) is 104 cm³/mol. The molecule has 1 unspecified atom stereocenters. The lowest BCUT2D eigenvalue weighted by molar-refractivity contribution is 0.265. The molecule has 27 heavy (non-hydrogen) atoms. The number of benzene rings is 1. The van der Waals surface area contributed by atoms with Crippen molar-refractivity contribution in [3.05, 3.63) is 36.2 Å². The summed E-state index contributed by atoms with van der Waals surface area (Å²) in [5, 5.41) is 13.0. The highest BCUT2D eigenvalue weighted by molar-refractivity contribution is 5.83. The molecule has 1 atom stereocenters. The molecule has 8 heteroatoms. The number of ether oxygens (including phenoxy) is 1. The van der Waals surface area contributed by atoms with Crippen LogP contribution >= 0.6 is 0 Å². The SMILES string of the molecule is COc1ccc(CCNc2nc(N3CCCC3CO)nc3nc[nH]c23)cc1. The second-order valence-corrected chi connectivity index (χ2v) is 6.67. The van der Waals surface area contributed by atoms with Crippen LogP contribution < -0.4 is 15.0 Å². The van der Waals surface area contributed by atoms with Crippen molar-refractivity contribution in [2.24, 2.45) is 0 Å². The zero-order valence-corrected chi connectivity index (χ0v) is 15.4. The van der Waals surface area contributed by atoms with Crippen LogP contribution in [0, 0.1) is 0 Å². The largest absolute Gasteiger partial charge is 0.497 e. The van der Waals surface area contributed by atoms with Crippen LogP contribution in [-0.2, 0) is 6.42 Å². The Bertz CT molecular complexity index is 895. The van der Waals surface area contributed by atoms with E-state index in [4.69, 9.17) is 9.72 Å². The van der Waals surface area contributed by atoms with Gasteiger partial charge in [0, 0.05) is 13.1 Å². The molecule has 0 bridgehead atoms. The van der Waals surface area contributed by atoms with Crippen molar-refractivity contribution in [3.8, 4) is 5.75 Å². The van der Waals surface area contributed by atoms with E-state index >= 15 is 0 Å². The number of fused-ring (bicyclic) bond motifs is 1. The highest BCUT2D eigenvalue weighted by atomic mass is 16.5. The standard InChI is InChI=1S/C19H24N6O2/c1-27-15-6-4-13(5-7-15)8-9-20-17-16-18(22-12-21-16)24-19(23-17)25-10-2-3-14(25)11-26/h4-7,12,14,26H,2-3,8-11H2,1H3,(H2,20,21,22,23,24). The summed E-state index contributed by atoms with van der Waals surface area (Å²) in [5.74, 6) is 2.22. The fourth-order valence-electron chi connectivity index (χ4n) is 3.48. The number of aromatic amines is 1. The van der Waals surface area contributed by atoms with Crippen LogP contribution in [0.25, 0.3) is 11.2 Å². The van der Waals surface area contributed by atoms with Gasteiger partial charge >= 0.3 is 0 Å². The first-order chi connectivity index (χ1) is 13.3. The van der Waals surface area contributed by atoms with Crippen LogP contribution in [0.15, 0.2) is 30.6 Å². The molecule has 1 aromatic carbocycles. The van der Waals surface area contributed by atoms with E-state index in [2.05, 4.69) is 37.3 Å².